The Hall–Kier alpha value is -1.31. The Labute approximate surface area is 172 Å². The van der Waals surface area contributed by atoms with Crippen molar-refractivity contribution in [2.75, 3.05) is 19.6 Å². The normalized spacial score (nSPS) is 23.4. The molecular formula is C18H30Cl2N4O3. The van der Waals surface area contributed by atoms with Crippen molar-refractivity contribution in [1.82, 2.24) is 19.8 Å². The Morgan fingerprint density at radius 1 is 1.30 bits per heavy atom. The molecule has 0 radical (unpaired) electrons. The molecule has 2 aliphatic rings. The third-order valence-corrected chi connectivity index (χ3v) is 5.64. The van der Waals surface area contributed by atoms with Crippen molar-refractivity contribution >= 4 is 36.7 Å². The summed E-state index contributed by atoms with van der Waals surface area (Å²) >= 11 is 0. The quantitative estimate of drug-likeness (QED) is 0.671. The summed E-state index contributed by atoms with van der Waals surface area (Å²) in [4.78, 5) is 29.9. The first-order valence-corrected chi connectivity index (χ1v) is 9.10. The van der Waals surface area contributed by atoms with Crippen molar-refractivity contribution in [2.45, 2.75) is 45.7 Å². The minimum Gasteiger partial charge on any atom is -0.481 e. The average Bonchev–Trinajstić information content (AvgIpc) is 2.96. The van der Waals surface area contributed by atoms with Gasteiger partial charge in [0.15, 0.2) is 0 Å². The summed E-state index contributed by atoms with van der Waals surface area (Å²) in [6.45, 7) is 7.16. The lowest BCUT2D eigenvalue weighted by atomic mass is 9.90. The van der Waals surface area contributed by atoms with Gasteiger partial charge >= 0.3 is 5.97 Å². The monoisotopic (exact) mass is 420 g/mol. The third-order valence-electron chi connectivity index (χ3n) is 5.64. The maximum atomic E-state index is 12.9. The third kappa shape index (κ3) is 5.83. The number of aliphatic carboxylic acids is 1. The molecule has 2 N–H and O–H groups in total. The van der Waals surface area contributed by atoms with Crippen LogP contribution in [0.2, 0.25) is 0 Å². The molecule has 1 saturated heterocycles. The molecular weight excluding hydrogens is 391 g/mol. The van der Waals surface area contributed by atoms with Crippen LogP contribution in [-0.2, 0) is 16.1 Å². The molecule has 1 amide bonds. The van der Waals surface area contributed by atoms with Crippen molar-refractivity contribution in [3.8, 4) is 0 Å². The lowest BCUT2D eigenvalue weighted by molar-refractivity contribution is -0.137. The van der Waals surface area contributed by atoms with Gasteiger partial charge in [-0.15, -0.1) is 24.8 Å². The van der Waals surface area contributed by atoms with Crippen LogP contribution in [0.5, 0.6) is 0 Å². The van der Waals surface area contributed by atoms with Crippen molar-refractivity contribution in [3.05, 3.63) is 18.7 Å². The van der Waals surface area contributed by atoms with Crippen molar-refractivity contribution < 1.29 is 14.7 Å². The first-order chi connectivity index (χ1) is 11.9. The van der Waals surface area contributed by atoms with E-state index < -0.39 is 5.97 Å². The van der Waals surface area contributed by atoms with E-state index in [1.165, 1.54) is 0 Å². The molecule has 9 heteroatoms. The Balaban J connectivity index is 0.00000182. The van der Waals surface area contributed by atoms with Gasteiger partial charge in [0.05, 0.1) is 18.2 Å². The smallest absolute Gasteiger partial charge is 0.304 e. The summed E-state index contributed by atoms with van der Waals surface area (Å²) in [5.74, 6) is 0.175. The number of likely N-dealkylation sites (tertiary alicyclic amines) is 1. The van der Waals surface area contributed by atoms with Gasteiger partial charge < -0.3 is 19.9 Å². The Kier molecular flexibility index (Phi) is 8.57. The van der Waals surface area contributed by atoms with Crippen LogP contribution in [0.15, 0.2) is 18.7 Å². The number of rotatable bonds is 8. The first kappa shape index (κ1) is 23.7. The van der Waals surface area contributed by atoms with Crippen LogP contribution >= 0.6 is 24.8 Å². The fourth-order valence-corrected chi connectivity index (χ4v) is 3.84. The van der Waals surface area contributed by atoms with Crippen LogP contribution in [0.3, 0.4) is 0 Å². The zero-order chi connectivity index (χ0) is 18.0. The number of carboxylic acid groups (broad SMARTS) is 1. The van der Waals surface area contributed by atoms with E-state index in [0.717, 1.165) is 25.9 Å². The number of halogens is 2. The highest BCUT2D eigenvalue weighted by molar-refractivity contribution is 5.86. The fourth-order valence-electron chi connectivity index (χ4n) is 3.84. The number of amides is 1. The number of nitrogens with one attached hydrogen (secondary N) is 1. The number of imidazole rings is 1. The van der Waals surface area contributed by atoms with E-state index in [1.54, 1.807) is 12.5 Å². The number of hydrogen-bond donors (Lipinski definition) is 2. The van der Waals surface area contributed by atoms with Crippen molar-refractivity contribution in [1.29, 1.82) is 0 Å². The molecule has 0 unspecified atom stereocenters. The van der Waals surface area contributed by atoms with Crippen LogP contribution in [0.25, 0.3) is 0 Å². The molecule has 3 rings (SSSR count). The zero-order valence-corrected chi connectivity index (χ0v) is 17.5. The number of carbonyl (C=O) groups excluding carboxylic acids is 1. The summed E-state index contributed by atoms with van der Waals surface area (Å²) in [5, 5.41) is 12.2. The second kappa shape index (κ2) is 9.75. The predicted molar refractivity (Wildman–Crippen MR) is 107 cm³/mol. The molecule has 154 valence electrons. The molecule has 7 nitrogen and oxygen atoms in total. The van der Waals surface area contributed by atoms with Crippen molar-refractivity contribution in [3.63, 3.8) is 0 Å². The van der Waals surface area contributed by atoms with Gasteiger partial charge in [-0.2, -0.15) is 0 Å². The standard InChI is InChI=1S/C18H28N4O3.2ClH/c1-13(2)14-9-21(7-3-16(23)24)10-15(14)20-17(25)18(4-5-18)11-22-8-6-19-12-22;;/h6,8,12-15H,3-5,7,9-11H2,1-2H3,(H,20,25)(H,23,24);2*1H/t14-,15+;;/m1../s1. The largest absolute Gasteiger partial charge is 0.481 e. The van der Waals surface area contributed by atoms with Gasteiger partial charge in [0.25, 0.3) is 0 Å². The first-order valence-electron chi connectivity index (χ1n) is 9.10. The highest BCUT2D eigenvalue weighted by Crippen LogP contribution is 2.47. The van der Waals surface area contributed by atoms with Crippen molar-refractivity contribution in [2.24, 2.45) is 17.3 Å². The number of aromatic nitrogens is 2. The van der Waals surface area contributed by atoms with Crippen LogP contribution < -0.4 is 5.32 Å². The lowest BCUT2D eigenvalue weighted by Gasteiger charge is -2.25. The SMILES string of the molecule is CC(C)[C@H]1CN(CCC(=O)O)C[C@@H]1NC(=O)C1(Cn2ccnc2)CC1.Cl.Cl. The summed E-state index contributed by atoms with van der Waals surface area (Å²) in [6.07, 6.45) is 7.37. The average molecular weight is 421 g/mol. The van der Waals surface area contributed by atoms with Gasteiger partial charge in [0, 0.05) is 44.6 Å². The van der Waals surface area contributed by atoms with E-state index in [1.807, 2.05) is 10.8 Å². The minimum atomic E-state index is -0.772. The zero-order valence-electron chi connectivity index (χ0n) is 15.8. The molecule has 1 aromatic heterocycles. The summed E-state index contributed by atoms with van der Waals surface area (Å²) in [5.41, 5.74) is -0.295. The topological polar surface area (TPSA) is 87.5 Å². The van der Waals surface area contributed by atoms with E-state index in [-0.39, 0.29) is 48.6 Å². The highest BCUT2D eigenvalue weighted by Gasteiger charge is 2.51. The molecule has 0 bridgehead atoms. The Bertz CT molecular complexity index is 620. The highest BCUT2D eigenvalue weighted by atomic mass is 35.5. The number of hydrogen-bond acceptors (Lipinski definition) is 4. The van der Waals surface area contributed by atoms with E-state index in [2.05, 4.69) is 29.0 Å². The molecule has 1 aromatic rings. The fraction of sp³-hybridized carbons (Fsp3) is 0.722. The Morgan fingerprint density at radius 2 is 2.00 bits per heavy atom. The van der Waals surface area contributed by atoms with Gasteiger partial charge in [0.1, 0.15) is 0 Å². The predicted octanol–water partition coefficient (Wildman–Crippen LogP) is 2.05. The lowest BCUT2D eigenvalue weighted by Crippen LogP contribution is -2.46. The van der Waals surface area contributed by atoms with Gasteiger partial charge in [-0.1, -0.05) is 13.8 Å². The van der Waals surface area contributed by atoms with Crippen LogP contribution in [0.4, 0.5) is 0 Å². The maximum Gasteiger partial charge on any atom is 0.304 e. The second-order valence-corrected chi connectivity index (χ2v) is 7.91. The van der Waals surface area contributed by atoms with E-state index in [9.17, 15) is 9.59 Å². The van der Waals surface area contributed by atoms with Gasteiger partial charge in [-0.3, -0.25) is 9.59 Å². The molecule has 1 aliphatic carbocycles. The van der Waals surface area contributed by atoms with E-state index in [0.29, 0.717) is 24.9 Å². The molecule has 0 aromatic carbocycles. The number of carbonyl (C=O) groups is 2. The van der Waals surface area contributed by atoms with Gasteiger partial charge in [-0.25, -0.2) is 4.98 Å². The second-order valence-electron chi connectivity index (χ2n) is 7.91. The summed E-state index contributed by atoms with van der Waals surface area (Å²) in [7, 11) is 0. The van der Waals surface area contributed by atoms with Crippen LogP contribution in [0, 0.1) is 17.3 Å². The molecule has 2 fully saturated rings. The number of nitrogens with zero attached hydrogens (tertiary/aromatic N) is 3. The molecule has 27 heavy (non-hydrogen) atoms. The number of carboxylic acids is 1. The van der Waals surface area contributed by atoms with Gasteiger partial charge in [-0.05, 0) is 24.7 Å². The molecule has 2 atom stereocenters. The molecule has 1 saturated carbocycles. The maximum absolute atomic E-state index is 12.9. The van der Waals surface area contributed by atoms with Crippen LogP contribution in [-0.4, -0.2) is 57.1 Å². The molecule has 1 aliphatic heterocycles. The van der Waals surface area contributed by atoms with Crippen LogP contribution in [0.1, 0.15) is 33.1 Å². The molecule has 0 spiro atoms. The summed E-state index contributed by atoms with van der Waals surface area (Å²) < 4.78 is 1.97. The molecule has 2 heterocycles. The summed E-state index contributed by atoms with van der Waals surface area (Å²) in [6, 6.07) is 0.0987. The van der Waals surface area contributed by atoms with E-state index in [4.69, 9.17) is 5.11 Å². The Morgan fingerprint density at radius 3 is 2.52 bits per heavy atom. The van der Waals surface area contributed by atoms with E-state index >= 15 is 0 Å². The minimum absolute atomic E-state index is 0. The van der Waals surface area contributed by atoms with Gasteiger partial charge in [0.2, 0.25) is 5.91 Å².